The van der Waals surface area contributed by atoms with Crippen molar-refractivity contribution in [3.05, 3.63) is 0 Å². The number of hydrogen-bond acceptors (Lipinski definition) is 2. The molecule has 0 radical (unpaired) electrons. The monoisotopic (exact) mass is 254 g/mol. The van der Waals surface area contributed by atoms with Gasteiger partial charge in [0.1, 0.15) is 0 Å². The lowest BCUT2D eigenvalue weighted by Crippen LogP contribution is -2.47. The zero-order valence-corrected chi connectivity index (χ0v) is 11.6. The molecule has 1 saturated heterocycles. The summed E-state index contributed by atoms with van der Waals surface area (Å²) in [6.07, 6.45) is 5.30. The van der Waals surface area contributed by atoms with Crippen molar-refractivity contribution in [2.45, 2.75) is 52.0 Å². The van der Waals surface area contributed by atoms with E-state index in [0.717, 1.165) is 38.6 Å². The molecule has 2 aliphatic rings. The fourth-order valence-corrected chi connectivity index (χ4v) is 3.56. The second-order valence-electron chi connectivity index (χ2n) is 6.03. The second kappa shape index (κ2) is 4.56. The first-order chi connectivity index (χ1) is 7.93. The SMILES string of the molecule is CC1(C)CCCC1C(=O)N1CCCC1C(N)=S. The van der Waals surface area contributed by atoms with Crippen molar-refractivity contribution >= 4 is 23.1 Å². The number of rotatable bonds is 2. The van der Waals surface area contributed by atoms with Crippen LogP contribution in [0.3, 0.4) is 0 Å². The highest BCUT2D eigenvalue weighted by Crippen LogP contribution is 2.44. The minimum atomic E-state index is 0.00824. The molecule has 4 heteroatoms. The molecular weight excluding hydrogens is 232 g/mol. The number of amides is 1. The number of nitrogens with two attached hydrogens (primary N) is 1. The molecule has 0 aromatic heterocycles. The maximum absolute atomic E-state index is 12.6. The van der Waals surface area contributed by atoms with E-state index in [1.165, 1.54) is 0 Å². The van der Waals surface area contributed by atoms with E-state index in [2.05, 4.69) is 13.8 Å². The van der Waals surface area contributed by atoms with Crippen molar-refractivity contribution in [1.82, 2.24) is 4.90 Å². The average Bonchev–Trinajstić information content (AvgIpc) is 2.82. The lowest BCUT2D eigenvalue weighted by Gasteiger charge is -2.32. The predicted molar refractivity (Wildman–Crippen MR) is 72.6 cm³/mol. The van der Waals surface area contributed by atoms with Gasteiger partial charge in [-0.25, -0.2) is 0 Å². The Morgan fingerprint density at radius 2 is 2.06 bits per heavy atom. The Balaban J connectivity index is 2.12. The highest BCUT2D eigenvalue weighted by molar-refractivity contribution is 7.80. The molecule has 0 aromatic rings. The van der Waals surface area contributed by atoms with Crippen LogP contribution in [-0.2, 0) is 4.79 Å². The van der Waals surface area contributed by atoms with Crippen molar-refractivity contribution in [3.63, 3.8) is 0 Å². The number of nitrogens with zero attached hydrogens (tertiary/aromatic N) is 1. The quantitative estimate of drug-likeness (QED) is 0.768. The van der Waals surface area contributed by atoms with Gasteiger partial charge in [-0.05, 0) is 31.1 Å². The van der Waals surface area contributed by atoms with E-state index in [0.29, 0.717) is 4.99 Å². The van der Waals surface area contributed by atoms with Crippen molar-refractivity contribution in [1.29, 1.82) is 0 Å². The van der Waals surface area contributed by atoms with Gasteiger partial charge in [0.2, 0.25) is 5.91 Å². The van der Waals surface area contributed by atoms with Crippen molar-refractivity contribution in [3.8, 4) is 0 Å². The van der Waals surface area contributed by atoms with Crippen LogP contribution < -0.4 is 5.73 Å². The Labute approximate surface area is 109 Å². The smallest absolute Gasteiger partial charge is 0.226 e. The van der Waals surface area contributed by atoms with E-state index in [-0.39, 0.29) is 23.3 Å². The number of carbonyl (C=O) groups is 1. The highest BCUT2D eigenvalue weighted by atomic mass is 32.1. The molecule has 2 fully saturated rings. The number of likely N-dealkylation sites (tertiary alicyclic amines) is 1. The Bertz CT molecular complexity index is 340. The molecule has 17 heavy (non-hydrogen) atoms. The minimum absolute atomic E-state index is 0.00824. The fraction of sp³-hybridized carbons (Fsp3) is 0.846. The van der Waals surface area contributed by atoms with Crippen LogP contribution in [0.2, 0.25) is 0 Å². The third-order valence-corrected chi connectivity index (χ3v) is 4.69. The van der Waals surface area contributed by atoms with Crippen molar-refractivity contribution in [2.75, 3.05) is 6.54 Å². The highest BCUT2D eigenvalue weighted by Gasteiger charge is 2.43. The Hall–Kier alpha value is -0.640. The molecule has 1 aliphatic carbocycles. The third-order valence-electron chi connectivity index (χ3n) is 4.42. The van der Waals surface area contributed by atoms with E-state index in [1.807, 2.05) is 4.90 Å². The zero-order chi connectivity index (χ0) is 12.6. The lowest BCUT2D eigenvalue weighted by atomic mass is 9.81. The molecule has 1 heterocycles. The van der Waals surface area contributed by atoms with Crippen LogP contribution in [0, 0.1) is 11.3 Å². The summed E-state index contributed by atoms with van der Waals surface area (Å²) in [5, 5.41) is 0. The predicted octanol–water partition coefficient (Wildman–Crippen LogP) is 2.09. The van der Waals surface area contributed by atoms with Gasteiger partial charge in [-0.15, -0.1) is 0 Å². The largest absolute Gasteiger partial charge is 0.392 e. The third kappa shape index (κ3) is 2.32. The van der Waals surface area contributed by atoms with Crippen LogP contribution in [0.5, 0.6) is 0 Å². The Kier molecular flexibility index (Phi) is 3.43. The van der Waals surface area contributed by atoms with Crippen LogP contribution in [0.25, 0.3) is 0 Å². The van der Waals surface area contributed by atoms with Gasteiger partial charge >= 0.3 is 0 Å². The minimum Gasteiger partial charge on any atom is -0.392 e. The number of hydrogen-bond donors (Lipinski definition) is 1. The molecule has 1 aliphatic heterocycles. The first kappa shape index (κ1) is 12.8. The van der Waals surface area contributed by atoms with Crippen LogP contribution >= 0.6 is 12.2 Å². The first-order valence-corrected chi connectivity index (χ1v) is 6.94. The summed E-state index contributed by atoms with van der Waals surface area (Å²) in [6.45, 7) is 5.23. The number of thiocarbonyl (C=S) groups is 1. The molecule has 2 atom stereocenters. The summed E-state index contributed by atoms with van der Waals surface area (Å²) >= 11 is 5.07. The van der Waals surface area contributed by atoms with E-state index in [1.54, 1.807) is 0 Å². The molecule has 3 nitrogen and oxygen atoms in total. The molecule has 1 saturated carbocycles. The molecule has 1 amide bonds. The topological polar surface area (TPSA) is 46.3 Å². The summed E-state index contributed by atoms with van der Waals surface area (Å²) < 4.78 is 0. The van der Waals surface area contributed by atoms with E-state index in [4.69, 9.17) is 18.0 Å². The van der Waals surface area contributed by atoms with Crippen LogP contribution in [0.15, 0.2) is 0 Å². The fourth-order valence-electron chi connectivity index (χ4n) is 3.31. The van der Waals surface area contributed by atoms with Gasteiger partial charge in [0, 0.05) is 12.5 Å². The molecule has 2 N–H and O–H groups in total. The van der Waals surface area contributed by atoms with Crippen molar-refractivity contribution in [2.24, 2.45) is 17.1 Å². The van der Waals surface area contributed by atoms with Crippen LogP contribution in [-0.4, -0.2) is 28.4 Å². The maximum Gasteiger partial charge on any atom is 0.226 e. The van der Waals surface area contributed by atoms with Crippen LogP contribution in [0.1, 0.15) is 46.0 Å². The summed E-state index contributed by atoms with van der Waals surface area (Å²) in [6, 6.07) is 0.00824. The van der Waals surface area contributed by atoms with Crippen molar-refractivity contribution < 1.29 is 4.79 Å². The van der Waals surface area contributed by atoms with Gasteiger partial charge < -0.3 is 10.6 Å². The van der Waals surface area contributed by atoms with Gasteiger partial charge in [-0.2, -0.15) is 0 Å². The maximum atomic E-state index is 12.6. The molecule has 2 rings (SSSR count). The normalized spacial score (nSPS) is 31.8. The van der Waals surface area contributed by atoms with E-state index < -0.39 is 0 Å². The molecule has 0 spiro atoms. The molecular formula is C13H22N2OS. The number of carbonyl (C=O) groups excluding carboxylic acids is 1. The molecule has 2 unspecified atom stereocenters. The van der Waals surface area contributed by atoms with E-state index in [9.17, 15) is 4.79 Å². The zero-order valence-electron chi connectivity index (χ0n) is 10.7. The molecule has 0 aromatic carbocycles. The lowest BCUT2D eigenvalue weighted by molar-refractivity contribution is -0.138. The summed E-state index contributed by atoms with van der Waals surface area (Å²) in [7, 11) is 0. The van der Waals surface area contributed by atoms with Gasteiger partial charge in [0.25, 0.3) is 0 Å². The second-order valence-corrected chi connectivity index (χ2v) is 6.50. The Morgan fingerprint density at radius 3 is 2.59 bits per heavy atom. The van der Waals surface area contributed by atoms with Gasteiger partial charge in [0.05, 0.1) is 11.0 Å². The van der Waals surface area contributed by atoms with Crippen LogP contribution in [0.4, 0.5) is 0 Å². The summed E-state index contributed by atoms with van der Waals surface area (Å²) in [5.41, 5.74) is 5.87. The van der Waals surface area contributed by atoms with Gasteiger partial charge in [0.15, 0.2) is 0 Å². The summed E-state index contributed by atoms with van der Waals surface area (Å²) in [4.78, 5) is 15.0. The van der Waals surface area contributed by atoms with Gasteiger partial charge in [-0.3, -0.25) is 4.79 Å². The molecule has 0 bridgehead atoms. The standard InChI is InChI=1S/C13H22N2OS/c1-13(2)7-3-5-9(13)12(16)15-8-4-6-10(15)11(14)17/h9-10H,3-8H2,1-2H3,(H2,14,17). The molecule has 96 valence electrons. The summed E-state index contributed by atoms with van der Waals surface area (Å²) in [5.74, 6) is 0.445. The first-order valence-electron chi connectivity index (χ1n) is 6.53. The van der Waals surface area contributed by atoms with E-state index >= 15 is 0 Å². The van der Waals surface area contributed by atoms with Gasteiger partial charge in [-0.1, -0.05) is 32.5 Å². The Morgan fingerprint density at radius 1 is 1.35 bits per heavy atom. The average molecular weight is 254 g/mol.